The van der Waals surface area contributed by atoms with Crippen molar-refractivity contribution in [2.45, 2.75) is 44.3 Å². The van der Waals surface area contributed by atoms with Gasteiger partial charge in [-0.1, -0.05) is 12.1 Å². The third kappa shape index (κ3) is 5.92. The third-order valence-corrected chi connectivity index (χ3v) is 6.17. The van der Waals surface area contributed by atoms with Crippen LogP contribution in [0.3, 0.4) is 0 Å². The van der Waals surface area contributed by atoms with Crippen LogP contribution in [-0.4, -0.2) is 58.2 Å². The zero-order chi connectivity index (χ0) is 25.5. The largest absolute Gasteiger partial charge is 0.496 e. The van der Waals surface area contributed by atoms with Gasteiger partial charge in [-0.05, 0) is 68.6 Å². The molecule has 1 aliphatic rings. The van der Waals surface area contributed by atoms with E-state index in [1.807, 2.05) is 30.3 Å². The summed E-state index contributed by atoms with van der Waals surface area (Å²) in [6.07, 6.45) is 1.69. The number of hydrogen-bond acceptors (Lipinski definition) is 7. The monoisotopic (exact) mass is 483 g/mol. The Bertz CT molecular complexity index is 1090. The molecule has 188 valence electrons. The zero-order valence-electron chi connectivity index (χ0n) is 20.8. The van der Waals surface area contributed by atoms with Crippen LogP contribution in [0.1, 0.15) is 36.9 Å². The Balaban J connectivity index is 2.12. The van der Waals surface area contributed by atoms with Crippen molar-refractivity contribution < 1.29 is 28.6 Å². The van der Waals surface area contributed by atoms with Gasteiger partial charge in [0.1, 0.15) is 29.6 Å². The summed E-state index contributed by atoms with van der Waals surface area (Å²) in [4.78, 5) is 38.2. The average Bonchev–Trinajstić information content (AvgIpc) is 2.87. The minimum Gasteiger partial charge on any atom is -0.496 e. The molecule has 0 fully saturated rings. The third-order valence-electron chi connectivity index (χ3n) is 6.17. The quantitative estimate of drug-likeness (QED) is 0.571. The van der Waals surface area contributed by atoms with Crippen LogP contribution in [0.15, 0.2) is 36.4 Å². The number of ether oxygens (including phenoxy) is 3. The number of fused-ring (bicyclic) bond motifs is 5. The fourth-order valence-electron chi connectivity index (χ4n) is 4.25. The van der Waals surface area contributed by atoms with Gasteiger partial charge in [-0.2, -0.15) is 0 Å². The van der Waals surface area contributed by atoms with E-state index in [0.29, 0.717) is 36.3 Å². The molecule has 0 unspecified atom stereocenters. The summed E-state index contributed by atoms with van der Waals surface area (Å²) in [6.45, 7) is 1.58. The van der Waals surface area contributed by atoms with Crippen molar-refractivity contribution in [3.63, 3.8) is 0 Å². The molecule has 2 aromatic carbocycles. The van der Waals surface area contributed by atoms with Gasteiger partial charge >= 0.3 is 5.97 Å². The second-order valence-electron chi connectivity index (χ2n) is 8.42. The van der Waals surface area contributed by atoms with Crippen molar-refractivity contribution in [1.29, 1.82) is 0 Å². The summed E-state index contributed by atoms with van der Waals surface area (Å²) in [6, 6.07) is 9.00. The van der Waals surface area contributed by atoms with Crippen molar-refractivity contribution in [1.82, 2.24) is 16.0 Å². The topological polar surface area (TPSA) is 115 Å². The molecule has 4 bridgehead atoms. The maximum absolute atomic E-state index is 13.1. The van der Waals surface area contributed by atoms with E-state index in [4.69, 9.17) is 14.2 Å². The summed E-state index contributed by atoms with van der Waals surface area (Å²) >= 11 is 0. The predicted molar refractivity (Wildman–Crippen MR) is 131 cm³/mol. The van der Waals surface area contributed by atoms with E-state index < -0.39 is 30.0 Å². The van der Waals surface area contributed by atoms with Crippen LogP contribution in [0.2, 0.25) is 0 Å². The summed E-state index contributed by atoms with van der Waals surface area (Å²) < 4.78 is 16.1. The van der Waals surface area contributed by atoms with Crippen molar-refractivity contribution in [2.75, 3.05) is 28.4 Å². The summed E-state index contributed by atoms with van der Waals surface area (Å²) in [5, 5.41) is 8.47. The van der Waals surface area contributed by atoms with E-state index in [1.54, 1.807) is 34.3 Å². The molecule has 3 atom stereocenters. The number of likely N-dealkylation sites (N-methyl/N-ethyl adjacent to an activating group) is 1. The van der Waals surface area contributed by atoms with Crippen molar-refractivity contribution in [3.8, 4) is 22.6 Å². The highest BCUT2D eigenvalue weighted by molar-refractivity contribution is 5.92. The predicted octanol–water partition coefficient (Wildman–Crippen LogP) is 2.13. The van der Waals surface area contributed by atoms with Gasteiger partial charge in [-0.3, -0.25) is 9.59 Å². The molecule has 2 aromatic rings. The lowest BCUT2D eigenvalue weighted by molar-refractivity contribution is -0.145. The maximum Gasteiger partial charge on any atom is 0.328 e. The number of nitrogens with one attached hydrogen (secondary N) is 3. The van der Waals surface area contributed by atoms with Gasteiger partial charge in [0.2, 0.25) is 11.8 Å². The first-order chi connectivity index (χ1) is 16.8. The standard InChI is InChI=1S/C26H33N3O6/c1-15-24(30)29-20(26(32)35-5)8-6-7-16-9-11-21(33-3)18(13-16)19-14-17(10-12-22(19)34-4)23(27-2)25(31)28-15/h9-15,20,23,27H,6-8H2,1-5H3,(H,28,31)(H,29,30)/t15-,20-,23-/m0/s1. The van der Waals surface area contributed by atoms with E-state index in [-0.39, 0.29) is 5.91 Å². The molecule has 1 aliphatic heterocycles. The molecule has 0 saturated carbocycles. The van der Waals surface area contributed by atoms with Gasteiger partial charge in [0.05, 0.1) is 21.3 Å². The minimum absolute atomic E-state index is 0.381. The van der Waals surface area contributed by atoms with Crippen LogP contribution >= 0.6 is 0 Å². The molecule has 35 heavy (non-hydrogen) atoms. The number of amides is 2. The molecule has 0 aromatic heterocycles. The molecular formula is C26H33N3O6. The molecule has 1 heterocycles. The lowest BCUT2D eigenvalue weighted by atomic mass is 9.94. The lowest BCUT2D eigenvalue weighted by Gasteiger charge is -2.23. The van der Waals surface area contributed by atoms with Crippen molar-refractivity contribution in [3.05, 3.63) is 47.5 Å². The normalized spacial score (nSPS) is 20.9. The van der Waals surface area contributed by atoms with Crippen LogP contribution in [0.5, 0.6) is 11.5 Å². The fraction of sp³-hybridized carbons (Fsp3) is 0.423. The fourth-order valence-corrected chi connectivity index (χ4v) is 4.25. The van der Waals surface area contributed by atoms with Crippen LogP contribution in [0, 0.1) is 0 Å². The number of methoxy groups -OCH3 is 3. The smallest absolute Gasteiger partial charge is 0.328 e. The second-order valence-corrected chi connectivity index (χ2v) is 8.42. The number of esters is 1. The van der Waals surface area contributed by atoms with Crippen molar-refractivity contribution >= 4 is 17.8 Å². The highest BCUT2D eigenvalue weighted by atomic mass is 16.5. The molecule has 0 saturated heterocycles. The number of carbonyl (C=O) groups excluding carboxylic acids is 3. The molecule has 0 radical (unpaired) electrons. The first-order valence-corrected chi connectivity index (χ1v) is 11.5. The molecule has 3 rings (SSSR count). The van der Waals surface area contributed by atoms with Crippen LogP contribution in [-0.2, 0) is 25.5 Å². The number of benzene rings is 2. The summed E-state index contributed by atoms with van der Waals surface area (Å²) in [7, 11) is 6.16. The maximum atomic E-state index is 13.1. The van der Waals surface area contributed by atoms with Crippen LogP contribution in [0.25, 0.3) is 11.1 Å². The van der Waals surface area contributed by atoms with Gasteiger partial charge in [0.15, 0.2) is 0 Å². The van der Waals surface area contributed by atoms with Crippen molar-refractivity contribution in [2.24, 2.45) is 0 Å². The Kier molecular flexibility index (Phi) is 8.70. The molecule has 3 N–H and O–H groups in total. The number of hydrogen-bond donors (Lipinski definition) is 3. The summed E-state index contributed by atoms with van der Waals surface area (Å²) in [5.74, 6) is -0.0593. The van der Waals surface area contributed by atoms with E-state index in [0.717, 1.165) is 16.7 Å². The first-order valence-electron chi connectivity index (χ1n) is 11.5. The van der Waals surface area contributed by atoms with Gasteiger partial charge in [-0.25, -0.2) is 4.79 Å². The molecule has 9 nitrogen and oxygen atoms in total. The number of aryl methyl sites for hydroxylation is 1. The second kappa shape index (κ2) is 11.7. The average molecular weight is 484 g/mol. The highest BCUT2D eigenvalue weighted by Gasteiger charge is 2.28. The molecule has 9 heteroatoms. The van der Waals surface area contributed by atoms with E-state index in [9.17, 15) is 14.4 Å². The summed E-state index contributed by atoms with van der Waals surface area (Å²) in [5.41, 5.74) is 3.34. The van der Waals surface area contributed by atoms with E-state index in [1.165, 1.54) is 7.11 Å². The van der Waals surface area contributed by atoms with Crippen LogP contribution in [0.4, 0.5) is 0 Å². The first kappa shape index (κ1) is 26.0. The van der Waals surface area contributed by atoms with Gasteiger partial charge in [0, 0.05) is 11.1 Å². The number of rotatable bonds is 4. The highest BCUT2D eigenvalue weighted by Crippen LogP contribution is 2.39. The Morgan fingerprint density at radius 1 is 0.943 bits per heavy atom. The molecule has 0 spiro atoms. The minimum atomic E-state index is -0.857. The Hall–Kier alpha value is -3.59. The Morgan fingerprint density at radius 3 is 2.23 bits per heavy atom. The lowest BCUT2D eigenvalue weighted by Crippen LogP contribution is -2.52. The van der Waals surface area contributed by atoms with E-state index >= 15 is 0 Å². The number of carbonyl (C=O) groups is 3. The van der Waals surface area contributed by atoms with Gasteiger partial charge in [-0.15, -0.1) is 0 Å². The Morgan fingerprint density at radius 2 is 1.60 bits per heavy atom. The molecule has 0 aliphatic carbocycles. The van der Waals surface area contributed by atoms with E-state index in [2.05, 4.69) is 16.0 Å². The van der Waals surface area contributed by atoms with Gasteiger partial charge < -0.3 is 30.2 Å². The zero-order valence-corrected chi connectivity index (χ0v) is 20.8. The molecular weight excluding hydrogens is 450 g/mol. The SMILES string of the molecule is CN[C@@H]1C(=O)N[C@@H](C)C(=O)N[C@H](C(=O)OC)CCCc2ccc(OC)c(c2)-c2cc1ccc2OC. The van der Waals surface area contributed by atoms with Crippen LogP contribution < -0.4 is 25.4 Å². The Labute approximate surface area is 205 Å². The van der Waals surface area contributed by atoms with Gasteiger partial charge in [0.25, 0.3) is 0 Å². The molecule has 2 amide bonds.